The first kappa shape index (κ1) is 15.3. The molecule has 0 radical (unpaired) electrons. The van der Waals surface area contributed by atoms with Crippen molar-refractivity contribution in [3.8, 4) is 5.75 Å². The Morgan fingerprint density at radius 1 is 1.20 bits per heavy atom. The fourth-order valence-corrected chi connectivity index (χ4v) is 2.88. The molecule has 1 aromatic carbocycles. The molecule has 1 aliphatic heterocycles. The highest BCUT2D eigenvalue weighted by atomic mass is 16.5. The van der Waals surface area contributed by atoms with Gasteiger partial charge in [0.15, 0.2) is 0 Å². The largest absolute Gasteiger partial charge is 0.492 e. The molecule has 1 N–H and O–H groups in total. The monoisotopic (exact) mass is 276 g/mol. The first-order valence-corrected chi connectivity index (χ1v) is 7.79. The molecular formula is C17H28N2O. The van der Waals surface area contributed by atoms with Gasteiger partial charge in [0.05, 0.1) is 0 Å². The van der Waals surface area contributed by atoms with E-state index in [1.807, 2.05) is 7.05 Å². The van der Waals surface area contributed by atoms with E-state index in [-0.39, 0.29) is 0 Å². The van der Waals surface area contributed by atoms with Gasteiger partial charge in [-0.25, -0.2) is 0 Å². The molecule has 2 unspecified atom stereocenters. The summed E-state index contributed by atoms with van der Waals surface area (Å²) in [7, 11) is 1.96. The van der Waals surface area contributed by atoms with Crippen LogP contribution < -0.4 is 10.1 Å². The van der Waals surface area contributed by atoms with Crippen molar-refractivity contribution in [3.05, 3.63) is 29.8 Å². The van der Waals surface area contributed by atoms with Gasteiger partial charge >= 0.3 is 0 Å². The van der Waals surface area contributed by atoms with Gasteiger partial charge in [-0.1, -0.05) is 19.1 Å². The maximum atomic E-state index is 5.86. The Hall–Kier alpha value is -1.06. The second-order valence-corrected chi connectivity index (χ2v) is 6.05. The predicted octanol–water partition coefficient (Wildman–Crippen LogP) is 2.91. The van der Waals surface area contributed by atoms with Crippen molar-refractivity contribution in [2.75, 3.05) is 26.7 Å². The lowest BCUT2D eigenvalue weighted by Gasteiger charge is -2.36. The Labute approximate surface area is 123 Å². The second-order valence-electron chi connectivity index (χ2n) is 6.05. The summed E-state index contributed by atoms with van der Waals surface area (Å²) in [5.41, 5.74) is 1.29. The molecule has 1 heterocycles. The number of hydrogen-bond donors (Lipinski definition) is 1. The van der Waals surface area contributed by atoms with Crippen LogP contribution in [0.1, 0.15) is 32.3 Å². The summed E-state index contributed by atoms with van der Waals surface area (Å²) in [6.07, 6.45) is 2.69. The first-order valence-electron chi connectivity index (χ1n) is 7.79. The number of benzene rings is 1. The van der Waals surface area contributed by atoms with Crippen molar-refractivity contribution in [2.45, 2.75) is 39.3 Å². The molecule has 3 heteroatoms. The zero-order valence-electron chi connectivity index (χ0n) is 13.1. The van der Waals surface area contributed by atoms with Gasteiger partial charge in [0, 0.05) is 25.7 Å². The van der Waals surface area contributed by atoms with E-state index in [1.165, 1.54) is 24.9 Å². The summed E-state index contributed by atoms with van der Waals surface area (Å²) in [5.74, 6) is 1.80. The topological polar surface area (TPSA) is 24.5 Å². The molecule has 3 nitrogen and oxygen atoms in total. The highest BCUT2D eigenvalue weighted by Gasteiger charge is 2.22. The standard InChI is InChI=1S/C17H28N2O/c1-14-4-5-15(2)19(13-14)10-11-20-17-8-6-16(7-9-17)12-18-3/h6-9,14-15,18H,4-5,10-13H2,1-3H3. The molecule has 1 aliphatic rings. The van der Waals surface area contributed by atoms with E-state index in [1.54, 1.807) is 0 Å². The van der Waals surface area contributed by atoms with E-state index in [0.717, 1.165) is 31.4 Å². The summed E-state index contributed by atoms with van der Waals surface area (Å²) in [5, 5.41) is 3.15. The van der Waals surface area contributed by atoms with Gasteiger partial charge in [0.2, 0.25) is 0 Å². The highest BCUT2D eigenvalue weighted by Crippen LogP contribution is 2.21. The summed E-state index contributed by atoms with van der Waals surface area (Å²) >= 11 is 0. The van der Waals surface area contributed by atoms with Gasteiger partial charge in [-0.05, 0) is 50.4 Å². The van der Waals surface area contributed by atoms with E-state index in [2.05, 4.69) is 48.3 Å². The fourth-order valence-electron chi connectivity index (χ4n) is 2.88. The number of nitrogens with zero attached hydrogens (tertiary/aromatic N) is 1. The average Bonchev–Trinajstić information content (AvgIpc) is 2.45. The van der Waals surface area contributed by atoms with Crippen molar-refractivity contribution in [1.82, 2.24) is 10.2 Å². The van der Waals surface area contributed by atoms with Crippen LogP contribution in [0.25, 0.3) is 0 Å². The zero-order chi connectivity index (χ0) is 14.4. The molecule has 0 aliphatic carbocycles. The number of rotatable bonds is 6. The van der Waals surface area contributed by atoms with Crippen LogP contribution in [-0.4, -0.2) is 37.7 Å². The van der Waals surface area contributed by atoms with E-state index >= 15 is 0 Å². The zero-order valence-corrected chi connectivity index (χ0v) is 13.1. The van der Waals surface area contributed by atoms with Crippen molar-refractivity contribution in [3.63, 3.8) is 0 Å². The predicted molar refractivity (Wildman–Crippen MR) is 84.1 cm³/mol. The third-order valence-corrected chi connectivity index (χ3v) is 4.20. The van der Waals surface area contributed by atoms with Crippen LogP contribution in [0.4, 0.5) is 0 Å². The normalized spacial score (nSPS) is 23.8. The molecule has 0 spiro atoms. The van der Waals surface area contributed by atoms with Crippen LogP contribution in [-0.2, 0) is 6.54 Å². The molecule has 2 rings (SSSR count). The third kappa shape index (κ3) is 4.50. The Balaban J connectivity index is 1.74. The maximum Gasteiger partial charge on any atom is 0.119 e. The number of likely N-dealkylation sites (tertiary alicyclic amines) is 1. The number of ether oxygens (including phenoxy) is 1. The third-order valence-electron chi connectivity index (χ3n) is 4.20. The minimum atomic E-state index is 0.702. The van der Waals surface area contributed by atoms with E-state index < -0.39 is 0 Å². The average molecular weight is 276 g/mol. The quantitative estimate of drug-likeness (QED) is 0.864. The van der Waals surface area contributed by atoms with Crippen LogP contribution in [0.3, 0.4) is 0 Å². The van der Waals surface area contributed by atoms with Crippen LogP contribution in [0.5, 0.6) is 5.75 Å². The molecule has 0 amide bonds. The van der Waals surface area contributed by atoms with Gasteiger partial charge in [-0.15, -0.1) is 0 Å². The molecule has 2 atom stereocenters. The molecular weight excluding hydrogens is 248 g/mol. The Morgan fingerprint density at radius 2 is 1.95 bits per heavy atom. The van der Waals surface area contributed by atoms with Gasteiger partial charge in [0.1, 0.15) is 12.4 Å². The smallest absolute Gasteiger partial charge is 0.119 e. The summed E-state index contributed by atoms with van der Waals surface area (Å²) in [4.78, 5) is 2.56. The van der Waals surface area contributed by atoms with Crippen LogP contribution >= 0.6 is 0 Å². The SMILES string of the molecule is CNCc1ccc(OCCN2CC(C)CCC2C)cc1. The lowest BCUT2D eigenvalue weighted by molar-refractivity contribution is 0.105. The minimum Gasteiger partial charge on any atom is -0.492 e. The molecule has 0 saturated carbocycles. The molecule has 20 heavy (non-hydrogen) atoms. The van der Waals surface area contributed by atoms with E-state index in [9.17, 15) is 0 Å². The lowest BCUT2D eigenvalue weighted by Crippen LogP contribution is -2.43. The van der Waals surface area contributed by atoms with Crippen molar-refractivity contribution < 1.29 is 4.74 Å². The Morgan fingerprint density at radius 3 is 2.65 bits per heavy atom. The fraction of sp³-hybridized carbons (Fsp3) is 0.647. The molecule has 0 bridgehead atoms. The highest BCUT2D eigenvalue weighted by molar-refractivity contribution is 5.27. The van der Waals surface area contributed by atoms with Crippen LogP contribution in [0.15, 0.2) is 24.3 Å². The number of hydrogen-bond acceptors (Lipinski definition) is 3. The molecule has 0 aromatic heterocycles. The minimum absolute atomic E-state index is 0.702. The number of nitrogens with one attached hydrogen (secondary N) is 1. The van der Waals surface area contributed by atoms with E-state index in [4.69, 9.17) is 4.74 Å². The summed E-state index contributed by atoms with van der Waals surface area (Å²) < 4.78 is 5.86. The van der Waals surface area contributed by atoms with Crippen molar-refractivity contribution in [1.29, 1.82) is 0 Å². The molecule has 1 saturated heterocycles. The van der Waals surface area contributed by atoms with Crippen molar-refractivity contribution in [2.24, 2.45) is 5.92 Å². The molecule has 1 aromatic rings. The van der Waals surface area contributed by atoms with Gasteiger partial charge in [0.25, 0.3) is 0 Å². The Kier molecular flexibility index (Phi) is 5.86. The van der Waals surface area contributed by atoms with Crippen LogP contribution in [0.2, 0.25) is 0 Å². The van der Waals surface area contributed by atoms with Gasteiger partial charge < -0.3 is 10.1 Å². The maximum absolute atomic E-state index is 5.86. The second kappa shape index (κ2) is 7.65. The number of piperidine rings is 1. The first-order chi connectivity index (χ1) is 9.69. The van der Waals surface area contributed by atoms with Gasteiger partial charge in [-0.3, -0.25) is 4.90 Å². The lowest BCUT2D eigenvalue weighted by atomic mass is 9.95. The Bertz CT molecular complexity index is 390. The molecule has 112 valence electrons. The van der Waals surface area contributed by atoms with Crippen molar-refractivity contribution >= 4 is 0 Å². The summed E-state index contributed by atoms with van der Waals surface area (Å²) in [6, 6.07) is 9.08. The van der Waals surface area contributed by atoms with Gasteiger partial charge in [-0.2, -0.15) is 0 Å². The van der Waals surface area contributed by atoms with E-state index in [0.29, 0.717) is 6.04 Å². The van der Waals surface area contributed by atoms with Crippen LogP contribution in [0, 0.1) is 5.92 Å². The summed E-state index contributed by atoms with van der Waals surface area (Å²) in [6.45, 7) is 8.61. The molecule has 1 fully saturated rings.